The van der Waals surface area contributed by atoms with Gasteiger partial charge in [-0.05, 0) is 42.0 Å². The number of carbonyl (C=O) groups excluding carboxylic acids is 1. The molecular weight excluding hydrogens is 224 g/mol. The third kappa shape index (κ3) is 3.46. The van der Waals surface area contributed by atoms with Gasteiger partial charge in [-0.25, -0.2) is 0 Å². The number of benzene rings is 1. The van der Waals surface area contributed by atoms with Gasteiger partial charge >= 0.3 is 0 Å². The molecule has 0 aliphatic rings. The summed E-state index contributed by atoms with van der Waals surface area (Å²) in [7, 11) is 0. The van der Waals surface area contributed by atoms with E-state index in [9.17, 15) is 4.79 Å². The molecule has 0 aromatic heterocycles. The molecule has 0 radical (unpaired) electrons. The van der Waals surface area contributed by atoms with Crippen molar-refractivity contribution in [3.63, 3.8) is 0 Å². The molecule has 0 atom stereocenters. The van der Waals surface area contributed by atoms with Gasteiger partial charge in [-0.15, -0.1) is 6.58 Å². The van der Waals surface area contributed by atoms with Gasteiger partial charge in [0.1, 0.15) is 12.0 Å². The van der Waals surface area contributed by atoms with Crippen LogP contribution in [0.1, 0.15) is 54.6 Å². The van der Waals surface area contributed by atoms with Crippen LogP contribution in [0.3, 0.4) is 0 Å². The largest absolute Gasteiger partial charge is 0.493 e. The van der Waals surface area contributed by atoms with Gasteiger partial charge in [0.15, 0.2) is 0 Å². The quantitative estimate of drug-likeness (QED) is 0.534. The maximum atomic E-state index is 11.0. The lowest BCUT2D eigenvalue weighted by atomic mass is 9.95. The first-order valence-corrected chi connectivity index (χ1v) is 6.49. The van der Waals surface area contributed by atoms with Gasteiger partial charge in [-0.2, -0.15) is 0 Å². The number of aldehydes is 1. The van der Waals surface area contributed by atoms with Crippen molar-refractivity contribution in [2.24, 2.45) is 0 Å². The summed E-state index contributed by atoms with van der Waals surface area (Å²) in [5.74, 6) is 1.26. The Hall–Kier alpha value is -1.57. The van der Waals surface area contributed by atoms with E-state index in [0.29, 0.717) is 18.1 Å². The number of ether oxygens (including phenoxy) is 1. The van der Waals surface area contributed by atoms with Crippen molar-refractivity contribution in [1.82, 2.24) is 0 Å². The monoisotopic (exact) mass is 246 g/mol. The fraction of sp³-hybridized carbons (Fsp3) is 0.438. The Morgan fingerprint density at radius 2 is 2.11 bits per heavy atom. The van der Waals surface area contributed by atoms with Gasteiger partial charge in [0, 0.05) is 5.56 Å². The van der Waals surface area contributed by atoms with Gasteiger partial charge in [-0.1, -0.05) is 26.8 Å². The van der Waals surface area contributed by atoms with Crippen molar-refractivity contribution in [3.05, 3.63) is 41.5 Å². The fourth-order valence-electron chi connectivity index (χ4n) is 1.92. The van der Waals surface area contributed by atoms with Gasteiger partial charge < -0.3 is 4.74 Å². The second-order valence-corrected chi connectivity index (χ2v) is 4.71. The van der Waals surface area contributed by atoms with E-state index in [1.54, 1.807) is 0 Å². The number of hydrogen-bond donors (Lipinski definition) is 0. The van der Waals surface area contributed by atoms with E-state index in [2.05, 4.69) is 27.4 Å². The molecule has 2 heteroatoms. The smallest absolute Gasteiger partial charge is 0.150 e. The SMILES string of the molecule is C=CCc1cc(C=O)cc(C(C)C)c1OCCC. The Morgan fingerprint density at radius 1 is 1.39 bits per heavy atom. The second-order valence-electron chi connectivity index (χ2n) is 4.71. The normalized spacial score (nSPS) is 10.4. The highest BCUT2D eigenvalue weighted by atomic mass is 16.5. The van der Waals surface area contributed by atoms with Crippen LogP contribution in [0.5, 0.6) is 5.75 Å². The lowest BCUT2D eigenvalue weighted by Crippen LogP contribution is -2.05. The molecule has 18 heavy (non-hydrogen) atoms. The van der Waals surface area contributed by atoms with Crippen LogP contribution in [-0.2, 0) is 6.42 Å². The zero-order valence-electron chi connectivity index (χ0n) is 11.5. The van der Waals surface area contributed by atoms with Crippen LogP contribution in [0.25, 0.3) is 0 Å². The van der Waals surface area contributed by atoms with Gasteiger partial charge in [0.25, 0.3) is 0 Å². The highest BCUT2D eigenvalue weighted by Gasteiger charge is 2.14. The average molecular weight is 246 g/mol. The number of carbonyl (C=O) groups is 1. The Kier molecular flexibility index (Phi) is 5.63. The van der Waals surface area contributed by atoms with Crippen LogP contribution in [-0.4, -0.2) is 12.9 Å². The molecule has 1 rings (SSSR count). The number of rotatable bonds is 7. The summed E-state index contributed by atoms with van der Waals surface area (Å²) in [4.78, 5) is 11.0. The summed E-state index contributed by atoms with van der Waals surface area (Å²) in [6.45, 7) is 10.8. The van der Waals surface area contributed by atoms with Crippen molar-refractivity contribution in [2.75, 3.05) is 6.61 Å². The zero-order chi connectivity index (χ0) is 13.5. The molecule has 0 fully saturated rings. The molecule has 0 saturated carbocycles. The molecule has 98 valence electrons. The lowest BCUT2D eigenvalue weighted by Gasteiger charge is -2.18. The maximum Gasteiger partial charge on any atom is 0.150 e. The van der Waals surface area contributed by atoms with E-state index in [0.717, 1.165) is 36.0 Å². The summed E-state index contributed by atoms with van der Waals surface area (Å²) >= 11 is 0. The van der Waals surface area contributed by atoms with E-state index in [1.165, 1.54) is 0 Å². The fourth-order valence-corrected chi connectivity index (χ4v) is 1.92. The summed E-state index contributed by atoms with van der Waals surface area (Å²) in [6.07, 6.45) is 4.43. The molecule has 0 heterocycles. The van der Waals surface area contributed by atoms with E-state index < -0.39 is 0 Å². The summed E-state index contributed by atoms with van der Waals surface area (Å²) in [5.41, 5.74) is 2.86. The molecule has 0 amide bonds. The molecule has 1 aromatic rings. The van der Waals surface area contributed by atoms with E-state index in [1.807, 2.05) is 18.2 Å². The number of allylic oxidation sites excluding steroid dienone is 1. The Morgan fingerprint density at radius 3 is 2.61 bits per heavy atom. The van der Waals surface area contributed by atoms with Crippen molar-refractivity contribution < 1.29 is 9.53 Å². The van der Waals surface area contributed by atoms with E-state index in [4.69, 9.17) is 4.74 Å². The topological polar surface area (TPSA) is 26.3 Å². The number of hydrogen-bond acceptors (Lipinski definition) is 2. The predicted octanol–water partition coefficient (Wildman–Crippen LogP) is 4.14. The predicted molar refractivity (Wildman–Crippen MR) is 75.6 cm³/mol. The minimum Gasteiger partial charge on any atom is -0.493 e. The molecule has 0 N–H and O–H groups in total. The van der Waals surface area contributed by atoms with Crippen molar-refractivity contribution in [2.45, 2.75) is 39.5 Å². The van der Waals surface area contributed by atoms with Gasteiger partial charge in [-0.3, -0.25) is 4.79 Å². The standard InChI is InChI=1S/C16H22O2/c1-5-7-14-9-13(11-17)10-15(12(3)4)16(14)18-8-6-2/h5,9-12H,1,6-8H2,2-4H3. The minimum absolute atomic E-state index is 0.334. The molecule has 0 saturated heterocycles. The molecule has 0 aliphatic heterocycles. The molecule has 0 unspecified atom stereocenters. The average Bonchev–Trinajstić information content (AvgIpc) is 2.36. The maximum absolute atomic E-state index is 11.0. The summed E-state index contributed by atoms with van der Waals surface area (Å²) in [6, 6.07) is 3.82. The van der Waals surface area contributed by atoms with Gasteiger partial charge in [0.05, 0.1) is 6.61 Å². The van der Waals surface area contributed by atoms with Crippen molar-refractivity contribution in [1.29, 1.82) is 0 Å². The highest BCUT2D eigenvalue weighted by Crippen LogP contribution is 2.32. The molecule has 0 aliphatic carbocycles. The highest BCUT2D eigenvalue weighted by molar-refractivity contribution is 5.76. The van der Waals surface area contributed by atoms with Crippen molar-refractivity contribution in [3.8, 4) is 5.75 Å². The van der Waals surface area contributed by atoms with Crippen LogP contribution in [0.15, 0.2) is 24.8 Å². The lowest BCUT2D eigenvalue weighted by molar-refractivity contribution is 0.112. The Bertz CT molecular complexity index is 419. The van der Waals surface area contributed by atoms with E-state index >= 15 is 0 Å². The molecule has 0 bridgehead atoms. The zero-order valence-corrected chi connectivity index (χ0v) is 11.5. The first kappa shape index (κ1) is 14.5. The first-order chi connectivity index (χ1) is 8.63. The third-order valence-corrected chi connectivity index (χ3v) is 2.79. The minimum atomic E-state index is 0.334. The van der Waals surface area contributed by atoms with Gasteiger partial charge in [0.2, 0.25) is 0 Å². The Labute approximate surface area is 110 Å². The van der Waals surface area contributed by atoms with Crippen LogP contribution in [0.4, 0.5) is 0 Å². The van der Waals surface area contributed by atoms with Crippen LogP contribution in [0.2, 0.25) is 0 Å². The Balaban J connectivity index is 3.29. The molecule has 1 aromatic carbocycles. The molecular formula is C16H22O2. The van der Waals surface area contributed by atoms with Crippen molar-refractivity contribution >= 4 is 6.29 Å². The second kappa shape index (κ2) is 7.00. The summed E-state index contributed by atoms with van der Waals surface area (Å²) in [5, 5.41) is 0. The summed E-state index contributed by atoms with van der Waals surface area (Å²) < 4.78 is 5.87. The van der Waals surface area contributed by atoms with Crippen LogP contribution in [0, 0.1) is 0 Å². The third-order valence-electron chi connectivity index (χ3n) is 2.79. The molecule has 2 nitrogen and oxygen atoms in total. The van der Waals surface area contributed by atoms with Crippen LogP contribution >= 0.6 is 0 Å². The van der Waals surface area contributed by atoms with Crippen LogP contribution < -0.4 is 4.74 Å². The first-order valence-electron chi connectivity index (χ1n) is 6.49. The molecule has 0 spiro atoms. The van der Waals surface area contributed by atoms with E-state index in [-0.39, 0.29) is 0 Å².